The van der Waals surface area contributed by atoms with E-state index < -0.39 is 0 Å². The number of hydrogen-bond acceptors (Lipinski definition) is 5. The molecule has 1 aromatic heterocycles. The molecule has 1 aliphatic heterocycles. The van der Waals surface area contributed by atoms with Crippen LogP contribution in [0.25, 0.3) is 0 Å². The molecular weight excluding hydrogens is 497 g/mol. The average molecular weight is 527 g/mol. The Morgan fingerprint density at radius 2 is 1.97 bits per heavy atom. The van der Waals surface area contributed by atoms with Crippen molar-refractivity contribution in [3.8, 4) is 0 Å². The van der Waals surface area contributed by atoms with Crippen molar-refractivity contribution in [2.45, 2.75) is 19.4 Å². The molecule has 164 valence electrons. The number of guanidine groups is 1. The van der Waals surface area contributed by atoms with E-state index in [1.165, 1.54) is 6.33 Å². The number of hydrogen-bond donors (Lipinski definition) is 2. The Hall–Kier alpha value is -2.21. The number of aromatic nitrogens is 3. The first kappa shape index (κ1) is 24.1. The summed E-state index contributed by atoms with van der Waals surface area (Å²) in [5, 5.41) is 10.6. The molecule has 1 saturated heterocycles. The molecule has 1 fully saturated rings. The fourth-order valence-corrected chi connectivity index (χ4v) is 3.19. The van der Waals surface area contributed by atoms with Gasteiger partial charge in [0.05, 0.1) is 19.1 Å². The molecule has 0 bridgehead atoms. The van der Waals surface area contributed by atoms with Crippen LogP contribution in [0.5, 0.6) is 0 Å². The van der Waals surface area contributed by atoms with Crippen LogP contribution >= 0.6 is 24.0 Å². The molecule has 1 unspecified atom stereocenters. The van der Waals surface area contributed by atoms with Gasteiger partial charge in [-0.05, 0) is 12.5 Å². The number of halogens is 1. The first-order chi connectivity index (χ1) is 14.2. The summed E-state index contributed by atoms with van der Waals surface area (Å²) in [6, 6.07) is 9.87. The molecule has 2 heterocycles. The van der Waals surface area contributed by atoms with Gasteiger partial charge >= 0.3 is 0 Å². The largest absolute Gasteiger partial charge is 0.378 e. The Morgan fingerprint density at radius 3 is 2.60 bits per heavy atom. The number of morpholine rings is 1. The highest BCUT2D eigenvalue weighted by atomic mass is 127. The van der Waals surface area contributed by atoms with Gasteiger partial charge < -0.3 is 20.3 Å². The molecule has 0 saturated carbocycles. The number of ether oxygens (including phenoxy) is 1. The molecule has 2 aromatic rings. The van der Waals surface area contributed by atoms with Crippen LogP contribution in [0.1, 0.15) is 24.2 Å². The van der Waals surface area contributed by atoms with Crippen LogP contribution in [0.2, 0.25) is 0 Å². The molecule has 1 aromatic carbocycles. The van der Waals surface area contributed by atoms with E-state index in [1.807, 2.05) is 49.2 Å². The molecule has 9 nitrogen and oxygen atoms in total. The van der Waals surface area contributed by atoms with Gasteiger partial charge in [0.2, 0.25) is 5.91 Å². The normalized spacial score (nSPS) is 15.3. The zero-order valence-corrected chi connectivity index (χ0v) is 19.8. The van der Waals surface area contributed by atoms with Crippen LogP contribution < -0.4 is 10.6 Å². The lowest BCUT2D eigenvalue weighted by atomic mass is 9.97. The van der Waals surface area contributed by atoms with E-state index in [-0.39, 0.29) is 35.8 Å². The third kappa shape index (κ3) is 6.66. The zero-order valence-electron chi connectivity index (χ0n) is 17.5. The third-order valence-corrected chi connectivity index (χ3v) is 4.82. The monoisotopic (exact) mass is 527 g/mol. The predicted octanol–water partition coefficient (Wildman–Crippen LogP) is 1.13. The Balaban J connectivity index is 0.00000320. The summed E-state index contributed by atoms with van der Waals surface area (Å²) >= 11 is 0. The Kier molecular flexibility index (Phi) is 10.0. The zero-order chi connectivity index (χ0) is 20.5. The van der Waals surface area contributed by atoms with Gasteiger partial charge in [0.25, 0.3) is 0 Å². The smallest absolute Gasteiger partial charge is 0.232 e. The molecule has 10 heteroatoms. The number of nitrogens with one attached hydrogen (secondary N) is 2. The van der Waals surface area contributed by atoms with Crippen LogP contribution in [0, 0.1) is 0 Å². The second kappa shape index (κ2) is 12.5. The number of aliphatic imine (C=N–C) groups is 1. The van der Waals surface area contributed by atoms with Crippen LogP contribution in [-0.2, 0) is 23.1 Å². The first-order valence-electron chi connectivity index (χ1n) is 9.95. The molecule has 2 N–H and O–H groups in total. The minimum atomic E-state index is -0.298. The van der Waals surface area contributed by atoms with Gasteiger partial charge in [0.1, 0.15) is 18.7 Å². The van der Waals surface area contributed by atoms with E-state index in [9.17, 15) is 4.79 Å². The second-order valence-corrected chi connectivity index (χ2v) is 6.78. The van der Waals surface area contributed by atoms with E-state index in [4.69, 9.17) is 4.74 Å². The van der Waals surface area contributed by atoms with Gasteiger partial charge in [-0.15, -0.1) is 24.0 Å². The standard InChI is InChI=1S/C20H29N7O2.HI/c1-3-21-20(23-14-18-24-15-25-26(18)2)22-13-17(16-7-5-4-6-8-16)19(28)27-9-11-29-12-10-27;/h4-8,15,17H,3,9-14H2,1-2H3,(H2,21,22,23);1H. The van der Waals surface area contributed by atoms with Crippen LogP contribution in [0.15, 0.2) is 41.7 Å². The Labute approximate surface area is 194 Å². The van der Waals surface area contributed by atoms with Crippen molar-refractivity contribution in [2.75, 3.05) is 39.4 Å². The van der Waals surface area contributed by atoms with E-state index in [0.717, 1.165) is 17.9 Å². The van der Waals surface area contributed by atoms with Crippen LogP contribution in [-0.4, -0.2) is 70.9 Å². The first-order valence-corrected chi connectivity index (χ1v) is 9.95. The van der Waals surface area contributed by atoms with Gasteiger partial charge in [0, 0.05) is 33.2 Å². The second-order valence-electron chi connectivity index (χ2n) is 6.78. The fourth-order valence-electron chi connectivity index (χ4n) is 3.19. The number of nitrogens with zero attached hydrogens (tertiary/aromatic N) is 5. The molecule has 1 aliphatic rings. The number of benzene rings is 1. The van der Waals surface area contributed by atoms with E-state index >= 15 is 0 Å². The van der Waals surface area contributed by atoms with E-state index in [2.05, 4.69) is 25.7 Å². The summed E-state index contributed by atoms with van der Waals surface area (Å²) in [7, 11) is 1.84. The number of carbonyl (C=O) groups is 1. The Bertz CT molecular complexity index is 806. The van der Waals surface area contributed by atoms with E-state index in [1.54, 1.807) is 4.68 Å². The topological polar surface area (TPSA) is 96.7 Å². The number of amides is 1. The maximum absolute atomic E-state index is 13.2. The van der Waals surface area contributed by atoms with Gasteiger partial charge in [-0.25, -0.2) is 9.98 Å². The maximum atomic E-state index is 13.2. The van der Waals surface area contributed by atoms with Gasteiger partial charge in [0.15, 0.2) is 5.96 Å². The van der Waals surface area contributed by atoms with E-state index in [0.29, 0.717) is 45.4 Å². The summed E-state index contributed by atoms with van der Waals surface area (Å²) in [5.41, 5.74) is 0.987. The highest BCUT2D eigenvalue weighted by Crippen LogP contribution is 2.18. The molecule has 30 heavy (non-hydrogen) atoms. The highest BCUT2D eigenvalue weighted by Gasteiger charge is 2.27. The maximum Gasteiger partial charge on any atom is 0.232 e. The molecule has 0 aliphatic carbocycles. The molecule has 0 spiro atoms. The minimum Gasteiger partial charge on any atom is -0.378 e. The highest BCUT2D eigenvalue weighted by molar-refractivity contribution is 14.0. The SMILES string of the molecule is CCNC(=NCc1ncnn1C)NCC(C(=O)N1CCOCC1)c1ccccc1.I. The predicted molar refractivity (Wildman–Crippen MR) is 126 cm³/mol. The lowest BCUT2D eigenvalue weighted by Crippen LogP contribution is -2.47. The van der Waals surface area contributed by atoms with Crippen molar-refractivity contribution < 1.29 is 9.53 Å². The van der Waals surface area contributed by atoms with Crippen LogP contribution in [0.3, 0.4) is 0 Å². The molecule has 1 amide bonds. The number of carbonyl (C=O) groups excluding carboxylic acids is 1. The van der Waals surface area contributed by atoms with Crippen molar-refractivity contribution in [1.82, 2.24) is 30.3 Å². The van der Waals surface area contributed by atoms with Crippen molar-refractivity contribution in [3.63, 3.8) is 0 Å². The Morgan fingerprint density at radius 1 is 1.23 bits per heavy atom. The molecule has 0 radical (unpaired) electrons. The number of rotatable bonds is 7. The average Bonchev–Trinajstić information content (AvgIpc) is 3.18. The van der Waals surface area contributed by atoms with Crippen LogP contribution in [0.4, 0.5) is 0 Å². The summed E-state index contributed by atoms with van der Waals surface area (Å²) in [6.07, 6.45) is 1.51. The summed E-state index contributed by atoms with van der Waals surface area (Å²) in [5.74, 6) is 1.22. The van der Waals surface area contributed by atoms with Crippen molar-refractivity contribution >= 4 is 35.8 Å². The summed E-state index contributed by atoms with van der Waals surface area (Å²) in [4.78, 5) is 23.9. The lowest BCUT2D eigenvalue weighted by Gasteiger charge is -2.31. The van der Waals surface area contributed by atoms with Gasteiger partial charge in [-0.2, -0.15) is 5.10 Å². The van der Waals surface area contributed by atoms with Gasteiger partial charge in [-0.3, -0.25) is 9.48 Å². The summed E-state index contributed by atoms with van der Waals surface area (Å²) in [6.45, 7) is 6.01. The number of aryl methyl sites for hydroxylation is 1. The quantitative estimate of drug-likeness (QED) is 0.319. The van der Waals surface area contributed by atoms with Crippen molar-refractivity contribution in [1.29, 1.82) is 0 Å². The minimum absolute atomic E-state index is 0. The van der Waals surface area contributed by atoms with Crippen molar-refractivity contribution in [2.24, 2.45) is 12.0 Å². The summed E-state index contributed by atoms with van der Waals surface area (Å²) < 4.78 is 7.09. The molecule has 1 atom stereocenters. The van der Waals surface area contributed by atoms with Crippen molar-refractivity contribution in [3.05, 3.63) is 48.0 Å². The molecule has 3 rings (SSSR count). The molecular formula is C20H30IN7O2. The third-order valence-electron chi connectivity index (χ3n) is 4.82. The van der Waals surface area contributed by atoms with Gasteiger partial charge in [-0.1, -0.05) is 30.3 Å². The lowest BCUT2D eigenvalue weighted by molar-refractivity contribution is -0.136. The fraction of sp³-hybridized carbons (Fsp3) is 0.500.